The maximum Gasteiger partial charge on any atom is 0.270 e. The van der Waals surface area contributed by atoms with Crippen LogP contribution < -0.4 is 5.32 Å². The molecule has 1 saturated heterocycles. The molecular weight excluding hydrogens is 354 g/mol. The predicted molar refractivity (Wildman–Crippen MR) is 100 cm³/mol. The smallest absolute Gasteiger partial charge is 0.270 e. The molecule has 1 aliphatic heterocycles. The molecule has 4 heterocycles. The van der Waals surface area contributed by atoms with Gasteiger partial charge in [0.25, 0.3) is 5.91 Å². The summed E-state index contributed by atoms with van der Waals surface area (Å²) in [4.78, 5) is 19.3. The van der Waals surface area contributed by atoms with E-state index < -0.39 is 0 Å². The number of thiazole rings is 1. The van der Waals surface area contributed by atoms with Gasteiger partial charge in [-0.05, 0) is 49.5 Å². The summed E-state index contributed by atoms with van der Waals surface area (Å²) in [5, 5.41) is 9.79. The number of hydrogen-bond donors (Lipinski definition) is 1. The minimum absolute atomic E-state index is 0.0800. The summed E-state index contributed by atoms with van der Waals surface area (Å²) in [6, 6.07) is 5.97. The largest absolute Gasteiger partial charge is 0.468 e. The molecule has 0 spiro atoms. The first-order chi connectivity index (χ1) is 12.3. The van der Waals surface area contributed by atoms with Crippen molar-refractivity contribution in [1.29, 1.82) is 0 Å². The highest BCUT2D eigenvalue weighted by molar-refractivity contribution is 7.14. The van der Waals surface area contributed by atoms with Crippen molar-refractivity contribution in [3.05, 3.63) is 52.1 Å². The van der Waals surface area contributed by atoms with Crippen LogP contribution >= 0.6 is 22.7 Å². The van der Waals surface area contributed by atoms with Crippen molar-refractivity contribution in [3.8, 4) is 10.6 Å². The van der Waals surface area contributed by atoms with Gasteiger partial charge in [-0.25, -0.2) is 4.98 Å². The number of furan rings is 1. The molecule has 1 atom stereocenters. The number of carbonyl (C=O) groups excluding carboxylic acids is 1. The van der Waals surface area contributed by atoms with E-state index in [-0.39, 0.29) is 11.9 Å². The summed E-state index contributed by atoms with van der Waals surface area (Å²) >= 11 is 3.13. The predicted octanol–water partition coefficient (Wildman–Crippen LogP) is 4.03. The Morgan fingerprint density at radius 3 is 2.92 bits per heavy atom. The van der Waals surface area contributed by atoms with Crippen molar-refractivity contribution in [1.82, 2.24) is 15.2 Å². The zero-order valence-corrected chi connectivity index (χ0v) is 15.3. The summed E-state index contributed by atoms with van der Waals surface area (Å²) < 4.78 is 5.59. The molecule has 0 saturated carbocycles. The first kappa shape index (κ1) is 16.5. The fraction of sp³-hybridized carbons (Fsp3) is 0.333. The van der Waals surface area contributed by atoms with E-state index >= 15 is 0 Å². The molecule has 1 N–H and O–H groups in total. The van der Waals surface area contributed by atoms with E-state index in [1.165, 1.54) is 24.2 Å². The van der Waals surface area contributed by atoms with Gasteiger partial charge in [0.15, 0.2) is 0 Å². The third-order valence-corrected chi connectivity index (χ3v) is 5.99. The van der Waals surface area contributed by atoms with Crippen molar-refractivity contribution < 1.29 is 9.21 Å². The molecule has 1 aliphatic rings. The molecule has 4 rings (SSSR count). The van der Waals surface area contributed by atoms with Crippen LogP contribution in [0.5, 0.6) is 0 Å². The van der Waals surface area contributed by atoms with Crippen LogP contribution in [0, 0.1) is 0 Å². The van der Waals surface area contributed by atoms with Crippen molar-refractivity contribution in [2.45, 2.75) is 18.9 Å². The first-order valence-corrected chi connectivity index (χ1v) is 10.2. The lowest BCUT2D eigenvalue weighted by atomic mass is 10.2. The third-order valence-electron chi connectivity index (χ3n) is 4.41. The summed E-state index contributed by atoms with van der Waals surface area (Å²) in [5.41, 5.74) is 1.55. The molecule has 7 heteroatoms. The van der Waals surface area contributed by atoms with Crippen molar-refractivity contribution in [2.75, 3.05) is 19.6 Å². The lowest BCUT2D eigenvalue weighted by Crippen LogP contribution is -2.36. The fourth-order valence-corrected chi connectivity index (χ4v) is 4.63. The second kappa shape index (κ2) is 7.51. The number of rotatable bonds is 6. The summed E-state index contributed by atoms with van der Waals surface area (Å²) in [5.74, 6) is 0.771. The van der Waals surface area contributed by atoms with Crippen LogP contribution in [0.25, 0.3) is 10.6 Å². The number of nitrogens with one attached hydrogen (secondary N) is 1. The Balaban J connectivity index is 1.43. The van der Waals surface area contributed by atoms with Gasteiger partial charge in [0.05, 0.1) is 12.3 Å². The van der Waals surface area contributed by atoms with Crippen LogP contribution in [-0.2, 0) is 0 Å². The summed E-state index contributed by atoms with van der Waals surface area (Å²) in [6.07, 6.45) is 4.08. The van der Waals surface area contributed by atoms with Gasteiger partial charge >= 0.3 is 0 Å². The summed E-state index contributed by atoms with van der Waals surface area (Å²) in [7, 11) is 0. The van der Waals surface area contributed by atoms with E-state index in [4.69, 9.17) is 4.42 Å². The Hall–Kier alpha value is -1.96. The van der Waals surface area contributed by atoms with Gasteiger partial charge < -0.3 is 9.73 Å². The minimum Gasteiger partial charge on any atom is -0.468 e. The lowest BCUT2D eigenvalue weighted by Gasteiger charge is -2.25. The molecule has 1 amide bonds. The van der Waals surface area contributed by atoms with Crippen LogP contribution in [-0.4, -0.2) is 35.4 Å². The number of nitrogens with zero attached hydrogens (tertiary/aromatic N) is 2. The van der Waals surface area contributed by atoms with E-state index in [9.17, 15) is 4.79 Å². The van der Waals surface area contributed by atoms with Crippen LogP contribution in [0.4, 0.5) is 0 Å². The van der Waals surface area contributed by atoms with Gasteiger partial charge in [-0.3, -0.25) is 9.69 Å². The number of hydrogen-bond acceptors (Lipinski definition) is 6. The van der Waals surface area contributed by atoms with Gasteiger partial charge in [-0.1, -0.05) is 0 Å². The van der Waals surface area contributed by atoms with Crippen molar-refractivity contribution in [2.24, 2.45) is 0 Å². The highest BCUT2D eigenvalue weighted by atomic mass is 32.1. The molecule has 0 bridgehead atoms. The molecule has 3 aromatic heterocycles. The Labute approximate surface area is 154 Å². The van der Waals surface area contributed by atoms with Crippen LogP contribution in [0.1, 0.15) is 35.1 Å². The van der Waals surface area contributed by atoms with Crippen LogP contribution in [0.3, 0.4) is 0 Å². The number of aromatic nitrogens is 1. The van der Waals surface area contributed by atoms with Gasteiger partial charge in [0.2, 0.25) is 0 Å². The highest BCUT2D eigenvalue weighted by Crippen LogP contribution is 2.27. The molecule has 0 aliphatic carbocycles. The normalized spacial score (nSPS) is 16.2. The Kier molecular flexibility index (Phi) is 4.96. The average Bonchev–Trinajstić information content (AvgIpc) is 3.43. The highest BCUT2D eigenvalue weighted by Gasteiger charge is 2.26. The maximum atomic E-state index is 12.5. The molecular formula is C18H19N3O2S2. The first-order valence-electron chi connectivity index (χ1n) is 8.35. The van der Waals surface area contributed by atoms with Gasteiger partial charge in [0.1, 0.15) is 16.5 Å². The molecule has 5 nitrogen and oxygen atoms in total. The molecule has 0 aromatic carbocycles. The van der Waals surface area contributed by atoms with Crippen LogP contribution in [0.2, 0.25) is 0 Å². The zero-order valence-electron chi connectivity index (χ0n) is 13.7. The third kappa shape index (κ3) is 3.68. The van der Waals surface area contributed by atoms with E-state index in [0.717, 1.165) is 29.4 Å². The van der Waals surface area contributed by atoms with E-state index in [0.29, 0.717) is 12.2 Å². The molecule has 130 valence electrons. The second-order valence-electron chi connectivity index (χ2n) is 6.03. The SMILES string of the molecule is O=C(NCC(c1ccco1)N1CCCC1)c1csc(-c2ccsc2)n1. The monoisotopic (exact) mass is 373 g/mol. The van der Waals surface area contributed by atoms with Crippen molar-refractivity contribution >= 4 is 28.6 Å². The van der Waals surface area contributed by atoms with Crippen molar-refractivity contribution in [3.63, 3.8) is 0 Å². The Morgan fingerprint density at radius 1 is 1.32 bits per heavy atom. The molecule has 0 radical (unpaired) electrons. The lowest BCUT2D eigenvalue weighted by molar-refractivity contribution is 0.0929. The maximum absolute atomic E-state index is 12.5. The van der Waals surface area contributed by atoms with Crippen LogP contribution in [0.15, 0.2) is 45.0 Å². The number of thiophene rings is 1. The topological polar surface area (TPSA) is 58.4 Å². The molecule has 3 aromatic rings. The summed E-state index contributed by atoms with van der Waals surface area (Å²) in [6.45, 7) is 2.61. The standard InChI is InChI=1S/C18H19N3O2S2/c22-17(14-12-25-18(20-14)13-5-9-24-11-13)19-10-15(16-4-3-8-23-16)21-6-1-2-7-21/h3-5,8-9,11-12,15H,1-2,6-7,10H2,(H,19,22). The number of amides is 1. The zero-order chi connectivity index (χ0) is 17.1. The number of likely N-dealkylation sites (tertiary alicyclic amines) is 1. The van der Waals surface area contributed by atoms with E-state index in [1.54, 1.807) is 17.6 Å². The van der Waals surface area contributed by atoms with Gasteiger partial charge in [-0.2, -0.15) is 11.3 Å². The Bertz CT molecular complexity index is 805. The van der Waals surface area contributed by atoms with Gasteiger partial charge in [0, 0.05) is 22.9 Å². The quantitative estimate of drug-likeness (QED) is 0.709. The average molecular weight is 374 g/mol. The number of carbonyl (C=O) groups is 1. The minimum atomic E-state index is -0.131. The molecule has 1 unspecified atom stereocenters. The molecule has 1 fully saturated rings. The Morgan fingerprint density at radius 2 is 2.20 bits per heavy atom. The van der Waals surface area contributed by atoms with Gasteiger partial charge in [-0.15, -0.1) is 11.3 Å². The van der Waals surface area contributed by atoms with E-state index in [1.807, 2.05) is 34.3 Å². The fourth-order valence-electron chi connectivity index (χ4n) is 3.12. The second-order valence-corrected chi connectivity index (χ2v) is 7.67. The molecule has 25 heavy (non-hydrogen) atoms. The van der Waals surface area contributed by atoms with E-state index in [2.05, 4.69) is 15.2 Å².